The maximum atomic E-state index is 12.0. The smallest absolute Gasteiger partial charge is 0.251 e. The van der Waals surface area contributed by atoms with Crippen molar-refractivity contribution in [1.82, 2.24) is 5.06 Å². The van der Waals surface area contributed by atoms with Gasteiger partial charge in [-0.15, -0.1) is 0 Å². The molecule has 102 valence electrons. The van der Waals surface area contributed by atoms with E-state index in [0.29, 0.717) is 11.6 Å². The van der Waals surface area contributed by atoms with Gasteiger partial charge in [-0.2, -0.15) is 0 Å². The molecule has 6 heteroatoms. The molecular weight excluding hydrogens is 268 g/mol. The van der Waals surface area contributed by atoms with Crippen molar-refractivity contribution in [3.8, 4) is 0 Å². The molecule has 5 nitrogen and oxygen atoms in total. The van der Waals surface area contributed by atoms with Gasteiger partial charge in [0.05, 0.1) is 13.0 Å². The molecule has 2 amide bonds. The van der Waals surface area contributed by atoms with E-state index in [2.05, 4.69) is 0 Å². The number of amides is 2. The lowest BCUT2D eigenvalue weighted by atomic mass is 10.1. The Labute approximate surface area is 116 Å². The molecule has 1 fully saturated rings. The van der Waals surface area contributed by atoms with E-state index >= 15 is 0 Å². The lowest BCUT2D eigenvalue weighted by molar-refractivity contribution is -0.172. The van der Waals surface area contributed by atoms with E-state index in [1.807, 2.05) is 0 Å². The van der Waals surface area contributed by atoms with Crippen LogP contribution in [0.5, 0.6) is 0 Å². The summed E-state index contributed by atoms with van der Waals surface area (Å²) in [4.78, 5) is 30.4. The van der Waals surface area contributed by atoms with Gasteiger partial charge in [-0.05, 0) is 24.3 Å². The normalized spacial score (nSPS) is 18.8. The first kappa shape index (κ1) is 13.8. The highest BCUT2D eigenvalue weighted by molar-refractivity contribution is 6.30. The third-order valence-electron chi connectivity index (χ3n) is 3.20. The monoisotopic (exact) mass is 282 g/mol. The lowest BCUT2D eigenvalue weighted by Crippen LogP contribution is -2.34. The number of hydroxylamine groups is 2. The van der Waals surface area contributed by atoms with Gasteiger partial charge in [0.25, 0.3) is 5.91 Å². The first-order valence-corrected chi connectivity index (χ1v) is 6.28. The van der Waals surface area contributed by atoms with Crippen LogP contribution in [0.3, 0.4) is 0 Å². The van der Waals surface area contributed by atoms with Crippen LogP contribution in [-0.4, -0.2) is 37.6 Å². The van der Waals surface area contributed by atoms with Crippen molar-refractivity contribution in [2.24, 2.45) is 5.92 Å². The Morgan fingerprint density at radius 1 is 1.42 bits per heavy atom. The standard InChI is InChI=1S/C13H15ClN2O3/c1-15(19-2)13(18)9-7-12(17)16(8-9)11-5-3-10(14)4-6-11/h3-6,9H,7-8H2,1-2H3. The van der Waals surface area contributed by atoms with Crippen molar-refractivity contribution in [2.75, 3.05) is 25.6 Å². The Balaban J connectivity index is 2.11. The number of nitrogens with zero attached hydrogens (tertiary/aromatic N) is 2. The van der Waals surface area contributed by atoms with Crippen LogP contribution in [0, 0.1) is 5.92 Å². The van der Waals surface area contributed by atoms with Crippen LogP contribution >= 0.6 is 11.6 Å². The molecule has 1 aliphatic heterocycles. The fourth-order valence-corrected chi connectivity index (χ4v) is 2.22. The zero-order valence-electron chi connectivity index (χ0n) is 10.8. The van der Waals surface area contributed by atoms with Crippen molar-refractivity contribution in [3.63, 3.8) is 0 Å². The van der Waals surface area contributed by atoms with Crippen molar-refractivity contribution in [1.29, 1.82) is 0 Å². The summed E-state index contributed by atoms with van der Waals surface area (Å²) < 4.78 is 0. The molecule has 1 aromatic rings. The van der Waals surface area contributed by atoms with Crippen molar-refractivity contribution >= 4 is 29.1 Å². The maximum Gasteiger partial charge on any atom is 0.251 e. The number of rotatable bonds is 3. The molecule has 0 saturated carbocycles. The second-order valence-electron chi connectivity index (χ2n) is 4.40. The third kappa shape index (κ3) is 2.88. The van der Waals surface area contributed by atoms with Gasteiger partial charge in [0.15, 0.2) is 0 Å². The van der Waals surface area contributed by atoms with E-state index in [4.69, 9.17) is 16.4 Å². The largest absolute Gasteiger partial charge is 0.312 e. The van der Waals surface area contributed by atoms with Crippen LogP contribution in [0.25, 0.3) is 0 Å². The molecule has 1 unspecified atom stereocenters. The fourth-order valence-electron chi connectivity index (χ4n) is 2.09. The highest BCUT2D eigenvalue weighted by Gasteiger charge is 2.36. The van der Waals surface area contributed by atoms with E-state index < -0.39 is 0 Å². The van der Waals surface area contributed by atoms with Gasteiger partial charge in [0.2, 0.25) is 5.91 Å². The molecular formula is C13H15ClN2O3. The van der Waals surface area contributed by atoms with Crippen LogP contribution < -0.4 is 4.90 Å². The molecule has 1 aromatic carbocycles. The van der Waals surface area contributed by atoms with Gasteiger partial charge in [0.1, 0.15) is 0 Å². The molecule has 0 radical (unpaired) electrons. The van der Waals surface area contributed by atoms with E-state index in [1.165, 1.54) is 14.2 Å². The Bertz CT molecular complexity index is 489. The maximum absolute atomic E-state index is 12.0. The minimum atomic E-state index is -0.367. The molecule has 0 N–H and O–H groups in total. The summed E-state index contributed by atoms with van der Waals surface area (Å²) in [6.45, 7) is 0.368. The molecule has 0 bridgehead atoms. The summed E-state index contributed by atoms with van der Waals surface area (Å²) in [5, 5.41) is 1.77. The van der Waals surface area contributed by atoms with Crippen LogP contribution in [-0.2, 0) is 14.4 Å². The first-order valence-electron chi connectivity index (χ1n) is 5.90. The number of halogens is 1. The molecule has 1 aliphatic rings. The highest BCUT2D eigenvalue weighted by Crippen LogP contribution is 2.27. The fraction of sp³-hybridized carbons (Fsp3) is 0.385. The average molecular weight is 283 g/mol. The summed E-state index contributed by atoms with van der Waals surface area (Å²) in [7, 11) is 2.96. The average Bonchev–Trinajstić information content (AvgIpc) is 2.80. The first-order chi connectivity index (χ1) is 9.02. The van der Waals surface area contributed by atoms with E-state index in [1.54, 1.807) is 29.2 Å². The molecule has 2 rings (SSSR count). The second kappa shape index (κ2) is 5.59. The van der Waals surface area contributed by atoms with E-state index in [-0.39, 0.29) is 24.2 Å². The molecule has 1 heterocycles. The number of carbonyl (C=O) groups excluding carboxylic acids is 2. The predicted octanol–water partition coefficient (Wildman–Crippen LogP) is 1.71. The Kier molecular flexibility index (Phi) is 4.07. The zero-order chi connectivity index (χ0) is 14.0. The zero-order valence-corrected chi connectivity index (χ0v) is 11.6. The number of hydrogen-bond acceptors (Lipinski definition) is 3. The molecule has 0 spiro atoms. The third-order valence-corrected chi connectivity index (χ3v) is 3.45. The summed E-state index contributed by atoms with van der Waals surface area (Å²) in [6, 6.07) is 6.99. The highest BCUT2D eigenvalue weighted by atomic mass is 35.5. The number of hydrogen-bond donors (Lipinski definition) is 0. The SMILES string of the molecule is CON(C)C(=O)C1CC(=O)N(c2ccc(Cl)cc2)C1. The van der Waals surface area contributed by atoms with Gasteiger partial charge in [-0.3, -0.25) is 14.4 Å². The second-order valence-corrected chi connectivity index (χ2v) is 4.84. The Morgan fingerprint density at radius 2 is 2.05 bits per heavy atom. The molecule has 0 aliphatic carbocycles. The number of benzene rings is 1. The number of anilines is 1. The summed E-state index contributed by atoms with van der Waals surface area (Å²) in [6.07, 6.45) is 0.204. The molecule has 1 saturated heterocycles. The van der Waals surface area contributed by atoms with Crippen molar-refractivity contribution in [3.05, 3.63) is 29.3 Å². The molecule has 1 atom stereocenters. The summed E-state index contributed by atoms with van der Waals surface area (Å²) >= 11 is 5.81. The summed E-state index contributed by atoms with van der Waals surface area (Å²) in [5.41, 5.74) is 0.754. The van der Waals surface area contributed by atoms with E-state index in [9.17, 15) is 9.59 Å². The number of carbonyl (C=O) groups is 2. The van der Waals surface area contributed by atoms with Crippen LogP contribution in [0.15, 0.2) is 24.3 Å². The van der Waals surface area contributed by atoms with Crippen LogP contribution in [0.4, 0.5) is 5.69 Å². The van der Waals surface area contributed by atoms with Gasteiger partial charge in [0, 0.05) is 30.7 Å². The molecule has 19 heavy (non-hydrogen) atoms. The van der Waals surface area contributed by atoms with Gasteiger partial charge in [-0.25, -0.2) is 5.06 Å². The van der Waals surface area contributed by atoms with Crippen molar-refractivity contribution < 1.29 is 14.4 Å². The summed E-state index contributed by atoms with van der Waals surface area (Å²) in [5.74, 6) is -0.620. The van der Waals surface area contributed by atoms with Crippen LogP contribution in [0.2, 0.25) is 5.02 Å². The predicted molar refractivity (Wildman–Crippen MR) is 71.7 cm³/mol. The van der Waals surface area contributed by atoms with E-state index in [0.717, 1.165) is 10.8 Å². The topological polar surface area (TPSA) is 49.9 Å². The minimum absolute atomic E-state index is 0.0647. The van der Waals surface area contributed by atoms with Gasteiger partial charge < -0.3 is 4.90 Å². The Morgan fingerprint density at radius 3 is 2.63 bits per heavy atom. The Hall–Kier alpha value is -1.59. The quantitative estimate of drug-likeness (QED) is 0.793. The molecule has 0 aromatic heterocycles. The van der Waals surface area contributed by atoms with Gasteiger partial charge >= 0.3 is 0 Å². The lowest BCUT2D eigenvalue weighted by Gasteiger charge is -2.19. The van der Waals surface area contributed by atoms with Gasteiger partial charge in [-0.1, -0.05) is 11.6 Å². The van der Waals surface area contributed by atoms with Crippen LogP contribution in [0.1, 0.15) is 6.42 Å². The minimum Gasteiger partial charge on any atom is -0.312 e. The van der Waals surface area contributed by atoms with Crippen molar-refractivity contribution in [2.45, 2.75) is 6.42 Å².